The molecule has 7 nitrogen and oxygen atoms in total. The molecule has 0 aliphatic rings. The van der Waals surface area contributed by atoms with Crippen molar-refractivity contribution in [2.75, 3.05) is 13.7 Å². The number of oxime groups is 2. The molecule has 0 atom stereocenters. The van der Waals surface area contributed by atoms with E-state index in [0.29, 0.717) is 17.8 Å². The van der Waals surface area contributed by atoms with Crippen molar-refractivity contribution >= 4 is 17.7 Å². The molecule has 23 heavy (non-hydrogen) atoms. The van der Waals surface area contributed by atoms with Crippen molar-refractivity contribution in [1.29, 1.82) is 0 Å². The van der Waals surface area contributed by atoms with Crippen molar-refractivity contribution in [3.63, 3.8) is 0 Å². The van der Waals surface area contributed by atoms with E-state index in [-0.39, 0.29) is 12.4 Å². The van der Waals surface area contributed by atoms with Crippen LogP contribution in [0.2, 0.25) is 0 Å². The molecule has 2 rings (SSSR count). The largest absolute Gasteiger partial charge is 0.399 e. The zero-order chi connectivity index (χ0) is 16.5. The minimum absolute atomic E-state index is 0.0566. The molecule has 7 heteroatoms. The van der Waals surface area contributed by atoms with E-state index in [1.54, 1.807) is 12.3 Å². The molecule has 2 aromatic rings. The van der Waals surface area contributed by atoms with Crippen molar-refractivity contribution in [1.82, 2.24) is 5.16 Å². The molecule has 0 fully saturated rings. The molecular weight excluding hydrogens is 298 g/mol. The summed E-state index contributed by atoms with van der Waals surface area (Å²) in [7, 11) is 1.46. The average molecular weight is 315 g/mol. The van der Waals surface area contributed by atoms with E-state index < -0.39 is 0 Å². The van der Waals surface area contributed by atoms with Gasteiger partial charge in [0, 0.05) is 23.6 Å². The van der Waals surface area contributed by atoms with Gasteiger partial charge in [-0.3, -0.25) is 4.79 Å². The molecule has 0 unspecified atom stereocenters. The Bertz CT molecular complexity index is 693. The Hall–Kier alpha value is -2.96. The SMILES string of the molecule is CON=C(c1ccon1)c1ccccc1C=NOCCC(C)=O. The van der Waals surface area contributed by atoms with Crippen LogP contribution in [0, 0.1) is 0 Å². The maximum absolute atomic E-state index is 10.8. The van der Waals surface area contributed by atoms with Gasteiger partial charge in [0.2, 0.25) is 0 Å². The molecule has 0 radical (unpaired) electrons. The lowest BCUT2D eigenvalue weighted by atomic mass is 10.0. The minimum atomic E-state index is 0.0566. The standard InChI is InChI=1S/C16H17N3O4/c1-12(20)7-9-22-17-11-13-5-3-4-6-14(13)16(19-21-2)15-8-10-23-18-15/h3-6,8,10-11H,7,9H2,1-2H3. The van der Waals surface area contributed by atoms with Crippen LogP contribution in [0.25, 0.3) is 0 Å². The number of nitrogens with zero attached hydrogens (tertiary/aromatic N) is 3. The Balaban J connectivity index is 2.21. The van der Waals surface area contributed by atoms with Crippen molar-refractivity contribution in [3.8, 4) is 0 Å². The second kappa shape index (κ2) is 8.47. The van der Waals surface area contributed by atoms with Crippen LogP contribution in [0.3, 0.4) is 0 Å². The van der Waals surface area contributed by atoms with Gasteiger partial charge in [-0.2, -0.15) is 0 Å². The van der Waals surface area contributed by atoms with E-state index in [1.165, 1.54) is 20.3 Å². The smallest absolute Gasteiger partial charge is 0.139 e. The van der Waals surface area contributed by atoms with Gasteiger partial charge >= 0.3 is 0 Å². The molecule has 1 aromatic heterocycles. The van der Waals surface area contributed by atoms with Gasteiger partial charge < -0.3 is 14.2 Å². The third-order valence-corrected chi connectivity index (χ3v) is 2.89. The number of aromatic nitrogens is 1. The first-order valence-corrected chi connectivity index (χ1v) is 6.98. The number of carbonyl (C=O) groups excluding carboxylic acids is 1. The van der Waals surface area contributed by atoms with Gasteiger partial charge in [0.25, 0.3) is 0 Å². The number of ketones is 1. The Morgan fingerprint density at radius 3 is 2.87 bits per heavy atom. The monoisotopic (exact) mass is 315 g/mol. The molecule has 0 bridgehead atoms. The summed E-state index contributed by atoms with van der Waals surface area (Å²) in [5.41, 5.74) is 2.61. The van der Waals surface area contributed by atoms with Gasteiger partial charge in [0.15, 0.2) is 0 Å². The van der Waals surface area contributed by atoms with Gasteiger partial charge in [-0.15, -0.1) is 0 Å². The summed E-state index contributed by atoms with van der Waals surface area (Å²) in [6.45, 7) is 1.75. The molecule has 0 aliphatic carbocycles. The Labute approximate surface area is 133 Å². The number of Topliss-reactive ketones (excluding diaryl/α,β-unsaturated/α-hetero) is 1. The van der Waals surface area contributed by atoms with E-state index in [0.717, 1.165) is 11.1 Å². The molecule has 1 heterocycles. The molecular formula is C16H17N3O4. The summed E-state index contributed by atoms with van der Waals surface area (Å²) in [6, 6.07) is 9.15. The predicted octanol–water partition coefficient (Wildman–Crippen LogP) is 2.40. The fourth-order valence-corrected chi connectivity index (χ4v) is 1.82. The number of hydrogen-bond donors (Lipinski definition) is 0. The first-order chi connectivity index (χ1) is 11.2. The summed E-state index contributed by atoms with van der Waals surface area (Å²) in [6.07, 6.45) is 3.34. The quantitative estimate of drug-likeness (QED) is 0.424. The second-order valence-electron chi connectivity index (χ2n) is 4.61. The topological polar surface area (TPSA) is 86.3 Å². The maximum atomic E-state index is 10.8. The van der Waals surface area contributed by atoms with Gasteiger partial charge in [0.1, 0.15) is 37.2 Å². The first-order valence-electron chi connectivity index (χ1n) is 6.98. The van der Waals surface area contributed by atoms with Gasteiger partial charge in [-0.1, -0.05) is 39.7 Å². The summed E-state index contributed by atoms with van der Waals surface area (Å²) < 4.78 is 4.86. The van der Waals surface area contributed by atoms with E-state index in [4.69, 9.17) is 14.2 Å². The van der Waals surface area contributed by atoms with Crippen LogP contribution in [0.15, 0.2) is 51.4 Å². The predicted molar refractivity (Wildman–Crippen MR) is 84.4 cm³/mol. The van der Waals surface area contributed by atoms with Gasteiger partial charge in [-0.25, -0.2) is 0 Å². The van der Waals surface area contributed by atoms with Crippen LogP contribution in [-0.2, 0) is 14.5 Å². The second-order valence-corrected chi connectivity index (χ2v) is 4.61. The van der Waals surface area contributed by atoms with Crippen LogP contribution in [0.5, 0.6) is 0 Å². The normalized spacial score (nSPS) is 11.7. The molecule has 1 aromatic carbocycles. The lowest BCUT2D eigenvalue weighted by Crippen LogP contribution is -2.08. The van der Waals surface area contributed by atoms with E-state index in [1.807, 2.05) is 24.3 Å². The molecule has 0 aliphatic heterocycles. The van der Waals surface area contributed by atoms with Crippen molar-refractivity contribution in [2.45, 2.75) is 13.3 Å². The lowest BCUT2D eigenvalue weighted by Gasteiger charge is -2.06. The average Bonchev–Trinajstić information content (AvgIpc) is 3.07. The number of hydrogen-bond acceptors (Lipinski definition) is 7. The van der Waals surface area contributed by atoms with Crippen LogP contribution in [0.1, 0.15) is 30.2 Å². The number of carbonyl (C=O) groups is 1. The Kier molecular flexibility index (Phi) is 6.05. The zero-order valence-corrected chi connectivity index (χ0v) is 12.9. The number of benzene rings is 1. The van der Waals surface area contributed by atoms with Gasteiger partial charge in [-0.05, 0) is 6.92 Å². The molecule has 0 N–H and O–H groups in total. The van der Waals surface area contributed by atoms with Crippen molar-refractivity contribution in [3.05, 3.63) is 53.4 Å². The molecule has 0 spiro atoms. The zero-order valence-electron chi connectivity index (χ0n) is 12.9. The van der Waals surface area contributed by atoms with Crippen molar-refractivity contribution < 1.29 is 19.0 Å². The van der Waals surface area contributed by atoms with Crippen molar-refractivity contribution in [2.24, 2.45) is 10.3 Å². The maximum Gasteiger partial charge on any atom is 0.139 e. The van der Waals surface area contributed by atoms with Gasteiger partial charge in [0.05, 0.1) is 6.21 Å². The highest BCUT2D eigenvalue weighted by Gasteiger charge is 2.14. The van der Waals surface area contributed by atoms with Crippen LogP contribution in [0.4, 0.5) is 0 Å². The van der Waals surface area contributed by atoms with E-state index >= 15 is 0 Å². The summed E-state index contributed by atoms with van der Waals surface area (Å²) in [4.78, 5) is 20.8. The van der Waals surface area contributed by atoms with E-state index in [2.05, 4.69) is 15.5 Å². The lowest BCUT2D eigenvalue weighted by molar-refractivity contribution is -0.118. The Morgan fingerprint density at radius 2 is 2.17 bits per heavy atom. The van der Waals surface area contributed by atoms with E-state index in [9.17, 15) is 4.79 Å². The minimum Gasteiger partial charge on any atom is -0.399 e. The summed E-state index contributed by atoms with van der Waals surface area (Å²) in [5.74, 6) is 0.0566. The summed E-state index contributed by atoms with van der Waals surface area (Å²) >= 11 is 0. The first kappa shape index (κ1) is 16.4. The molecule has 120 valence electrons. The highest BCUT2D eigenvalue weighted by Crippen LogP contribution is 2.14. The third kappa shape index (κ3) is 4.77. The fourth-order valence-electron chi connectivity index (χ4n) is 1.82. The Morgan fingerprint density at radius 1 is 1.35 bits per heavy atom. The molecule has 0 saturated heterocycles. The fraction of sp³-hybridized carbons (Fsp3) is 0.250. The van der Waals surface area contributed by atoms with Crippen LogP contribution in [-0.4, -0.2) is 36.6 Å². The van der Waals surface area contributed by atoms with Crippen LogP contribution >= 0.6 is 0 Å². The summed E-state index contributed by atoms with van der Waals surface area (Å²) in [5, 5.41) is 11.8. The molecule has 0 saturated carbocycles. The number of rotatable bonds is 8. The highest BCUT2D eigenvalue weighted by atomic mass is 16.6. The third-order valence-electron chi connectivity index (χ3n) is 2.89. The molecule has 0 amide bonds. The highest BCUT2D eigenvalue weighted by molar-refractivity contribution is 6.15. The van der Waals surface area contributed by atoms with Crippen LogP contribution < -0.4 is 0 Å².